The van der Waals surface area contributed by atoms with Gasteiger partial charge in [-0.3, -0.25) is 4.79 Å². The normalized spacial score (nSPS) is 11.8. The van der Waals surface area contributed by atoms with Crippen LogP contribution in [0.5, 0.6) is 0 Å². The van der Waals surface area contributed by atoms with Gasteiger partial charge in [0.25, 0.3) is 0 Å². The molecule has 0 saturated carbocycles. The lowest BCUT2D eigenvalue weighted by molar-refractivity contribution is -0.104. The molecule has 0 aliphatic carbocycles. The summed E-state index contributed by atoms with van der Waals surface area (Å²) < 4.78 is 0. The molecule has 74 valence electrons. The second-order valence-electron chi connectivity index (χ2n) is 5.32. The predicted octanol–water partition coefficient (Wildman–Crippen LogP) is 3.36. The molecule has 0 aliphatic heterocycles. The first-order chi connectivity index (χ1) is 5.69. The summed E-state index contributed by atoms with van der Waals surface area (Å²) in [5.41, 5.74) is 4.38. The van der Waals surface area contributed by atoms with E-state index in [0.717, 1.165) is 6.29 Å². The summed E-state index contributed by atoms with van der Waals surface area (Å²) in [4.78, 5) is 10.2. The van der Waals surface area contributed by atoms with Crippen LogP contribution >= 0.6 is 0 Å². The molecule has 0 amide bonds. The van der Waals surface area contributed by atoms with Gasteiger partial charge in [-0.15, -0.1) is 5.73 Å². The van der Waals surface area contributed by atoms with Crippen LogP contribution in [0.2, 0.25) is 0 Å². The minimum absolute atomic E-state index is 0.0672. The average Bonchev–Trinajstić information content (AvgIpc) is 1.81. The van der Waals surface area contributed by atoms with Gasteiger partial charge in [-0.25, -0.2) is 0 Å². The van der Waals surface area contributed by atoms with Crippen molar-refractivity contribution in [2.24, 2.45) is 10.8 Å². The van der Waals surface area contributed by atoms with Crippen molar-refractivity contribution < 1.29 is 4.79 Å². The van der Waals surface area contributed by atoms with Crippen molar-refractivity contribution in [2.45, 2.75) is 41.5 Å². The van der Waals surface area contributed by atoms with Gasteiger partial charge in [0.2, 0.25) is 0 Å². The third-order valence-corrected chi connectivity index (χ3v) is 1.80. The van der Waals surface area contributed by atoms with Crippen LogP contribution in [0.1, 0.15) is 41.5 Å². The van der Waals surface area contributed by atoms with Crippen molar-refractivity contribution in [3.63, 3.8) is 0 Å². The average molecular weight is 180 g/mol. The highest BCUT2D eigenvalue weighted by Crippen LogP contribution is 2.38. The van der Waals surface area contributed by atoms with Gasteiger partial charge in [-0.1, -0.05) is 41.5 Å². The molecule has 0 aliphatic rings. The second-order valence-corrected chi connectivity index (χ2v) is 5.32. The molecule has 0 heterocycles. The standard InChI is InChI=1S/C12H20O/c1-11(2,3)10(8-7-9-13)12(4,5)6/h7,9H,1-6H3. The van der Waals surface area contributed by atoms with Crippen molar-refractivity contribution in [3.8, 4) is 0 Å². The van der Waals surface area contributed by atoms with Crippen LogP contribution in [0.4, 0.5) is 0 Å². The number of carbonyl (C=O) groups excluding carboxylic acids is 1. The molecule has 0 N–H and O–H groups in total. The molecule has 0 bridgehead atoms. The molecule has 0 atom stereocenters. The second kappa shape index (κ2) is 3.93. The van der Waals surface area contributed by atoms with E-state index in [4.69, 9.17) is 0 Å². The Labute approximate surface area is 81.5 Å². The van der Waals surface area contributed by atoms with Gasteiger partial charge in [0.1, 0.15) is 0 Å². The van der Waals surface area contributed by atoms with Crippen molar-refractivity contribution in [1.82, 2.24) is 0 Å². The Morgan fingerprint density at radius 3 is 1.62 bits per heavy atom. The predicted molar refractivity (Wildman–Crippen MR) is 56.6 cm³/mol. The van der Waals surface area contributed by atoms with E-state index >= 15 is 0 Å². The van der Waals surface area contributed by atoms with Crippen molar-refractivity contribution >= 4 is 6.29 Å². The maximum Gasteiger partial charge on any atom is 0.150 e. The molecule has 0 rings (SSSR count). The summed E-state index contributed by atoms with van der Waals surface area (Å²) in [5.74, 6) is 0. The maximum absolute atomic E-state index is 10.2. The van der Waals surface area contributed by atoms with E-state index in [1.807, 2.05) is 0 Å². The highest BCUT2D eigenvalue weighted by Gasteiger charge is 2.27. The van der Waals surface area contributed by atoms with Crippen LogP contribution in [0, 0.1) is 10.8 Å². The van der Waals surface area contributed by atoms with Gasteiger partial charge in [-0.05, 0) is 16.4 Å². The number of carbonyl (C=O) groups is 1. The molecule has 0 saturated heterocycles. The van der Waals surface area contributed by atoms with Gasteiger partial charge >= 0.3 is 0 Å². The molecule has 0 aromatic carbocycles. The highest BCUT2D eigenvalue weighted by molar-refractivity contribution is 5.64. The van der Waals surface area contributed by atoms with Crippen molar-refractivity contribution in [2.75, 3.05) is 0 Å². The molecule has 1 nitrogen and oxygen atoms in total. The van der Waals surface area contributed by atoms with Crippen LogP contribution in [0.25, 0.3) is 0 Å². The largest absolute Gasteiger partial charge is 0.298 e. The Morgan fingerprint density at radius 2 is 1.38 bits per heavy atom. The zero-order valence-corrected chi connectivity index (χ0v) is 9.56. The molecule has 13 heavy (non-hydrogen) atoms. The van der Waals surface area contributed by atoms with Crippen LogP contribution < -0.4 is 0 Å². The third kappa shape index (κ3) is 4.10. The highest BCUT2D eigenvalue weighted by atomic mass is 16.1. The lowest BCUT2D eigenvalue weighted by atomic mass is 9.72. The van der Waals surface area contributed by atoms with Gasteiger partial charge < -0.3 is 0 Å². The van der Waals surface area contributed by atoms with E-state index in [1.165, 1.54) is 11.6 Å². The first-order valence-corrected chi connectivity index (χ1v) is 4.61. The summed E-state index contributed by atoms with van der Waals surface area (Å²) in [6.45, 7) is 12.8. The molecule has 0 unspecified atom stereocenters. The van der Waals surface area contributed by atoms with E-state index in [9.17, 15) is 4.79 Å². The molecular formula is C12H20O. The molecule has 0 fully saturated rings. The lowest BCUT2D eigenvalue weighted by Gasteiger charge is -2.31. The van der Waals surface area contributed by atoms with Crippen LogP contribution in [0.3, 0.4) is 0 Å². The van der Waals surface area contributed by atoms with E-state index in [0.29, 0.717) is 0 Å². The van der Waals surface area contributed by atoms with E-state index < -0.39 is 0 Å². The van der Waals surface area contributed by atoms with Gasteiger partial charge in [0.15, 0.2) is 6.29 Å². The van der Waals surface area contributed by atoms with Crippen molar-refractivity contribution in [3.05, 3.63) is 17.4 Å². The fourth-order valence-electron chi connectivity index (χ4n) is 1.68. The Bertz CT molecular complexity index is 223. The number of aldehydes is 1. The first kappa shape index (κ1) is 12.2. The van der Waals surface area contributed by atoms with E-state index in [-0.39, 0.29) is 10.8 Å². The van der Waals surface area contributed by atoms with Gasteiger partial charge in [0.05, 0.1) is 0 Å². The number of allylic oxidation sites excluding steroid dienone is 1. The minimum Gasteiger partial charge on any atom is -0.298 e. The van der Waals surface area contributed by atoms with Crippen LogP contribution in [-0.4, -0.2) is 6.29 Å². The van der Waals surface area contributed by atoms with E-state index in [1.54, 1.807) is 0 Å². The lowest BCUT2D eigenvalue weighted by Crippen LogP contribution is -2.21. The SMILES string of the molecule is CC(C)(C)C(=C=CC=O)C(C)(C)C. The molecule has 0 spiro atoms. The van der Waals surface area contributed by atoms with Gasteiger partial charge in [-0.2, -0.15) is 0 Å². The fraction of sp³-hybridized carbons (Fsp3) is 0.667. The van der Waals surface area contributed by atoms with Gasteiger partial charge in [0, 0.05) is 6.08 Å². The Hall–Kier alpha value is -0.810. The molecule has 0 aromatic rings. The topological polar surface area (TPSA) is 17.1 Å². The third-order valence-electron chi connectivity index (χ3n) is 1.80. The summed E-state index contributed by atoms with van der Waals surface area (Å²) in [5, 5.41) is 0. The number of hydrogen-bond donors (Lipinski definition) is 0. The smallest absolute Gasteiger partial charge is 0.150 e. The Morgan fingerprint density at radius 1 is 1.00 bits per heavy atom. The minimum atomic E-state index is 0.0672. The monoisotopic (exact) mass is 180 g/mol. The molecule has 0 aromatic heterocycles. The molecule has 0 radical (unpaired) electrons. The maximum atomic E-state index is 10.2. The fourth-order valence-corrected chi connectivity index (χ4v) is 1.68. The first-order valence-electron chi connectivity index (χ1n) is 4.61. The quantitative estimate of drug-likeness (QED) is 0.343. The van der Waals surface area contributed by atoms with Crippen LogP contribution in [0.15, 0.2) is 17.4 Å². The molecular weight excluding hydrogens is 160 g/mol. The Kier molecular flexibility index (Phi) is 3.69. The summed E-state index contributed by atoms with van der Waals surface area (Å²) >= 11 is 0. The summed E-state index contributed by atoms with van der Waals surface area (Å²) in [6.07, 6.45) is 2.23. The summed E-state index contributed by atoms with van der Waals surface area (Å²) in [7, 11) is 0. The zero-order valence-electron chi connectivity index (χ0n) is 9.56. The summed E-state index contributed by atoms with van der Waals surface area (Å²) in [6, 6.07) is 0. The Balaban J connectivity index is 5.25. The molecule has 1 heteroatoms. The van der Waals surface area contributed by atoms with Crippen molar-refractivity contribution in [1.29, 1.82) is 0 Å². The number of rotatable bonds is 1. The van der Waals surface area contributed by atoms with Crippen LogP contribution in [-0.2, 0) is 4.79 Å². The van der Waals surface area contributed by atoms with E-state index in [2.05, 4.69) is 47.3 Å². The zero-order chi connectivity index (χ0) is 10.7. The number of hydrogen-bond acceptors (Lipinski definition) is 1.